The average molecular weight is 181 g/mol. The zero-order chi connectivity index (χ0) is 9.42. The zero-order valence-electron chi connectivity index (χ0n) is 7.95. The van der Waals surface area contributed by atoms with Crippen molar-refractivity contribution in [2.45, 2.75) is 38.6 Å². The van der Waals surface area contributed by atoms with Crippen LogP contribution in [0.5, 0.6) is 0 Å². The standard InChI is InChI=1S/C10H15NO2/c1-2-8(7-3-4-7)11-6-5-9(12)10(11)13/h7-8H,2-6H2,1H3. The van der Waals surface area contributed by atoms with Gasteiger partial charge < -0.3 is 4.90 Å². The Kier molecular flexibility index (Phi) is 2.10. The van der Waals surface area contributed by atoms with Crippen molar-refractivity contribution < 1.29 is 9.59 Å². The van der Waals surface area contributed by atoms with Crippen molar-refractivity contribution >= 4 is 11.7 Å². The van der Waals surface area contributed by atoms with Crippen LogP contribution < -0.4 is 0 Å². The van der Waals surface area contributed by atoms with Crippen molar-refractivity contribution in [1.82, 2.24) is 4.90 Å². The molecule has 2 aliphatic rings. The van der Waals surface area contributed by atoms with Gasteiger partial charge in [-0.2, -0.15) is 0 Å². The number of hydrogen-bond donors (Lipinski definition) is 0. The van der Waals surface area contributed by atoms with Crippen molar-refractivity contribution in [2.24, 2.45) is 5.92 Å². The monoisotopic (exact) mass is 181 g/mol. The van der Waals surface area contributed by atoms with Crippen LogP contribution in [-0.2, 0) is 9.59 Å². The van der Waals surface area contributed by atoms with Crippen LogP contribution in [0.3, 0.4) is 0 Å². The maximum absolute atomic E-state index is 11.4. The van der Waals surface area contributed by atoms with E-state index < -0.39 is 0 Å². The smallest absolute Gasteiger partial charge is 0.290 e. The van der Waals surface area contributed by atoms with E-state index in [-0.39, 0.29) is 11.7 Å². The van der Waals surface area contributed by atoms with E-state index in [0.29, 0.717) is 24.9 Å². The first-order valence-corrected chi connectivity index (χ1v) is 5.08. The molecule has 1 atom stereocenters. The molecule has 1 saturated heterocycles. The second kappa shape index (κ2) is 3.13. The molecule has 3 nitrogen and oxygen atoms in total. The molecule has 1 saturated carbocycles. The minimum absolute atomic E-state index is 0.195. The van der Waals surface area contributed by atoms with Crippen LogP contribution in [0.15, 0.2) is 0 Å². The van der Waals surface area contributed by atoms with Crippen LogP contribution in [-0.4, -0.2) is 29.2 Å². The number of carbonyl (C=O) groups excluding carboxylic acids is 2. The lowest BCUT2D eigenvalue weighted by molar-refractivity contribution is -0.141. The molecule has 13 heavy (non-hydrogen) atoms. The minimum atomic E-state index is -0.237. The lowest BCUT2D eigenvalue weighted by Crippen LogP contribution is -2.38. The third kappa shape index (κ3) is 1.47. The van der Waals surface area contributed by atoms with Gasteiger partial charge in [-0.25, -0.2) is 0 Å². The molecule has 0 radical (unpaired) electrons. The molecule has 0 N–H and O–H groups in total. The predicted octanol–water partition coefficient (Wildman–Crippen LogP) is 0.976. The first kappa shape index (κ1) is 8.73. The number of nitrogens with zero attached hydrogens (tertiary/aromatic N) is 1. The molecule has 3 heteroatoms. The molecule has 1 aliphatic carbocycles. The number of rotatable bonds is 3. The second-order valence-electron chi connectivity index (χ2n) is 3.98. The Hall–Kier alpha value is -0.860. The molecule has 1 aliphatic heterocycles. The summed E-state index contributed by atoms with van der Waals surface area (Å²) < 4.78 is 0. The molecule has 0 spiro atoms. The molecule has 2 rings (SSSR count). The molecule has 1 heterocycles. The highest BCUT2D eigenvalue weighted by atomic mass is 16.2. The first-order valence-electron chi connectivity index (χ1n) is 5.08. The van der Waals surface area contributed by atoms with Gasteiger partial charge in [0.25, 0.3) is 5.91 Å². The van der Waals surface area contributed by atoms with Crippen LogP contribution in [0.4, 0.5) is 0 Å². The predicted molar refractivity (Wildman–Crippen MR) is 48.1 cm³/mol. The summed E-state index contributed by atoms with van der Waals surface area (Å²) in [5.74, 6) is 0.248. The van der Waals surface area contributed by atoms with E-state index in [1.165, 1.54) is 12.8 Å². The van der Waals surface area contributed by atoms with Crippen LogP contribution in [0, 0.1) is 5.92 Å². The third-order valence-corrected chi connectivity index (χ3v) is 3.06. The summed E-state index contributed by atoms with van der Waals surface area (Å²) in [5, 5.41) is 0. The van der Waals surface area contributed by atoms with Crippen molar-refractivity contribution in [3.8, 4) is 0 Å². The molecule has 1 amide bonds. The molecule has 0 aromatic heterocycles. The topological polar surface area (TPSA) is 37.4 Å². The Morgan fingerprint density at radius 1 is 1.46 bits per heavy atom. The Balaban J connectivity index is 2.06. The third-order valence-electron chi connectivity index (χ3n) is 3.06. The molecule has 0 aromatic rings. The number of hydrogen-bond acceptors (Lipinski definition) is 2. The lowest BCUT2D eigenvalue weighted by Gasteiger charge is -2.25. The van der Waals surface area contributed by atoms with Crippen molar-refractivity contribution in [2.75, 3.05) is 6.54 Å². The van der Waals surface area contributed by atoms with Crippen LogP contribution >= 0.6 is 0 Å². The van der Waals surface area contributed by atoms with Crippen LogP contribution in [0.2, 0.25) is 0 Å². The second-order valence-corrected chi connectivity index (χ2v) is 3.98. The minimum Gasteiger partial charge on any atom is -0.332 e. The van der Waals surface area contributed by atoms with Gasteiger partial charge in [-0.05, 0) is 25.2 Å². The highest BCUT2D eigenvalue weighted by Crippen LogP contribution is 2.37. The van der Waals surface area contributed by atoms with Crippen LogP contribution in [0.1, 0.15) is 32.6 Å². The summed E-state index contributed by atoms with van der Waals surface area (Å²) in [5.41, 5.74) is 0. The molecule has 1 unspecified atom stereocenters. The van der Waals surface area contributed by atoms with E-state index in [9.17, 15) is 9.59 Å². The first-order chi connectivity index (χ1) is 6.24. The molecule has 72 valence electrons. The van der Waals surface area contributed by atoms with Gasteiger partial charge in [-0.15, -0.1) is 0 Å². The maximum atomic E-state index is 11.4. The van der Waals surface area contributed by atoms with Gasteiger partial charge >= 0.3 is 0 Å². The fourth-order valence-corrected chi connectivity index (χ4v) is 2.20. The highest BCUT2D eigenvalue weighted by Gasteiger charge is 2.40. The summed E-state index contributed by atoms with van der Waals surface area (Å²) in [7, 11) is 0. The van der Waals surface area contributed by atoms with Gasteiger partial charge in [-0.3, -0.25) is 9.59 Å². The van der Waals surface area contributed by atoms with E-state index in [4.69, 9.17) is 0 Å². The van der Waals surface area contributed by atoms with Crippen LogP contribution in [0.25, 0.3) is 0 Å². The van der Waals surface area contributed by atoms with Gasteiger partial charge in [0.2, 0.25) is 5.78 Å². The molecule has 0 aromatic carbocycles. The zero-order valence-corrected chi connectivity index (χ0v) is 7.95. The summed E-state index contributed by atoms with van der Waals surface area (Å²) in [4.78, 5) is 24.3. The summed E-state index contributed by atoms with van der Waals surface area (Å²) in [6.45, 7) is 2.76. The van der Waals surface area contributed by atoms with E-state index in [1.54, 1.807) is 4.90 Å². The SMILES string of the molecule is CCC(C1CC1)N1CCC(=O)C1=O. The van der Waals surface area contributed by atoms with Gasteiger partial charge in [0, 0.05) is 19.0 Å². The van der Waals surface area contributed by atoms with E-state index >= 15 is 0 Å². The highest BCUT2D eigenvalue weighted by molar-refractivity contribution is 6.37. The number of likely N-dealkylation sites (tertiary alicyclic amines) is 1. The Bertz CT molecular complexity index is 245. The van der Waals surface area contributed by atoms with Crippen molar-refractivity contribution in [1.29, 1.82) is 0 Å². The summed E-state index contributed by atoms with van der Waals surface area (Å²) >= 11 is 0. The fraction of sp³-hybridized carbons (Fsp3) is 0.800. The number of amides is 1. The quantitative estimate of drug-likeness (QED) is 0.608. The maximum Gasteiger partial charge on any atom is 0.290 e. The van der Waals surface area contributed by atoms with Gasteiger partial charge in [0.15, 0.2) is 0 Å². The fourth-order valence-electron chi connectivity index (χ4n) is 2.20. The van der Waals surface area contributed by atoms with Gasteiger partial charge in [0.1, 0.15) is 0 Å². The Morgan fingerprint density at radius 2 is 2.15 bits per heavy atom. The van der Waals surface area contributed by atoms with Gasteiger partial charge in [0.05, 0.1) is 0 Å². The van der Waals surface area contributed by atoms with Gasteiger partial charge in [-0.1, -0.05) is 6.92 Å². The van der Waals surface area contributed by atoms with E-state index in [0.717, 1.165) is 6.42 Å². The van der Waals surface area contributed by atoms with Crippen molar-refractivity contribution in [3.05, 3.63) is 0 Å². The largest absolute Gasteiger partial charge is 0.332 e. The average Bonchev–Trinajstić information content (AvgIpc) is 2.89. The normalized spacial score (nSPS) is 25.5. The number of Topliss-reactive ketones (excluding diaryl/α,β-unsaturated/α-hetero) is 1. The Labute approximate surface area is 78.1 Å². The van der Waals surface area contributed by atoms with E-state index in [1.807, 2.05) is 0 Å². The lowest BCUT2D eigenvalue weighted by atomic mass is 10.1. The molecule has 0 bridgehead atoms. The molecular weight excluding hydrogens is 166 g/mol. The molecular formula is C10H15NO2. The number of carbonyl (C=O) groups is 2. The number of ketones is 1. The van der Waals surface area contributed by atoms with Crippen molar-refractivity contribution in [3.63, 3.8) is 0 Å². The summed E-state index contributed by atoms with van der Waals surface area (Å²) in [6, 6.07) is 0.346. The van der Waals surface area contributed by atoms with E-state index in [2.05, 4.69) is 6.92 Å². The Morgan fingerprint density at radius 3 is 2.54 bits per heavy atom. The summed E-state index contributed by atoms with van der Waals surface area (Å²) in [6.07, 6.45) is 3.89. The molecule has 2 fully saturated rings.